The summed E-state index contributed by atoms with van der Waals surface area (Å²) in [6, 6.07) is 8.06. The third-order valence-electron chi connectivity index (χ3n) is 8.92. The van der Waals surface area contributed by atoms with E-state index in [0.717, 1.165) is 23.7 Å². The lowest BCUT2D eigenvalue weighted by molar-refractivity contribution is -0.0221. The first-order valence-electron chi connectivity index (χ1n) is 14.4. The number of carbonyl (C=O) groups excluding carboxylic acids is 1. The topological polar surface area (TPSA) is 120 Å². The number of halogens is 2. The van der Waals surface area contributed by atoms with E-state index in [-0.39, 0.29) is 49.8 Å². The fraction of sp³-hybridized carbons (Fsp3) is 0.517. The number of aliphatic hydroxyl groups excluding tert-OH is 1. The standard InChI is InChI=1S/C29H36F2N6O4S/c1-35-12-4-20-18-24(33-26(25(20)35)37-15-9-29(30,31)10-16-37)34-27(39)22-3-2-21(42(40,41)32-11-17-38)19-23(22)36-13-7-28(5-6-28)8-14-36/h2-4,12,18-19,32,38H,5-11,13-17H2,1H3,(H,33,34,39). The highest BCUT2D eigenvalue weighted by molar-refractivity contribution is 7.89. The van der Waals surface area contributed by atoms with Crippen LogP contribution in [0, 0.1) is 5.41 Å². The van der Waals surface area contributed by atoms with E-state index < -0.39 is 21.9 Å². The molecule has 1 spiro atoms. The Hall–Kier alpha value is -3.29. The van der Waals surface area contributed by atoms with Gasteiger partial charge in [0.25, 0.3) is 11.8 Å². The Morgan fingerprint density at radius 3 is 2.36 bits per heavy atom. The molecule has 2 aromatic heterocycles. The number of benzene rings is 1. The minimum atomic E-state index is -3.89. The maximum Gasteiger partial charge on any atom is 0.258 e. The minimum Gasteiger partial charge on any atom is -0.395 e. The van der Waals surface area contributed by atoms with Gasteiger partial charge in [0.05, 0.1) is 28.3 Å². The van der Waals surface area contributed by atoms with Crippen molar-refractivity contribution in [1.29, 1.82) is 0 Å². The number of nitrogens with zero attached hydrogens (tertiary/aromatic N) is 4. The van der Waals surface area contributed by atoms with Crippen LogP contribution in [0.4, 0.5) is 26.1 Å². The number of aliphatic hydroxyl groups is 1. The second kappa shape index (κ2) is 10.8. The summed E-state index contributed by atoms with van der Waals surface area (Å²) in [5, 5.41) is 12.8. The van der Waals surface area contributed by atoms with E-state index in [9.17, 15) is 22.0 Å². The number of fused-ring (bicyclic) bond motifs is 1. The van der Waals surface area contributed by atoms with Gasteiger partial charge in [0.15, 0.2) is 5.82 Å². The Kier molecular flexibility index (Phi) is 7.38. The van der Waals surface area contributed by atoms with Crippen molar-refractivity contribution in [2.45, 2.75) is 49.3 Å². The molecule has 3 aromatic rings. The highest BCUT2D eigenvalue weighted by Gasteiger charge is 2.45. The molecular weight excluding hydrogens is 566 g/mol. The number of sulfonamides is 1. The zero-order valence-corrected chi connectivity index (χ0v) is 24.4. The molecule has 3 aliphatic rings. The number of anilines is 3. The second-order valence-corrected chi connectivity index (χ2v) is 13.5. The van der Waals surface area contributed by atoms with E-state index in [1.165, 1.54) is 31.0 Å². The molecule has 4 heterocycles. The molecule has 0 atom stereocenters. The number of amides is 1. The number of alkyl halides is 2. The van der Waals surface area contributed by atoms with Crippen LogP contribution in [0.2, 0.25) is 0 Å². The van der Waals surface area contributed by atoms with Gasteiger partial charge in [0.1, 0.15) is 5.82 Å². The van der Waals surface area contributed by atoms with Crippen molar-refractivity contribution in [2.75, 3.05) is 54.4 Å². The molecule has 1 amide bonds. The third kappa shape index (κ3) is 5.69. The maximum atomic E-state index is 13.9. The normalized spacial score (nSPS) is 19.8. The highest BCUT2D eigenvalue weighted by Crippen LogP contribution is 2.54. The van der Waals surface area contributed by atoms with E-state index in [4.69, 9.17) is 10.1 Å². The number of hydrogen-bond acceptors (Lipinski definition) is 7. The van der Waals surface area contributed by atoms with Gasteiger partial charge in [-0.1, -0.05) is 0 Å². The van der Waals surface area contributed by atoms with Crippen molar-refractivity contribution in [3.05, 3.63) is 42.1 Å². The van der Waals surface area contributed by atoms with E-state index in [2.05, 4.69) is 14.9 Å². The monoisotopic (exact) mass is 602 g/mol. The summed E-state index contributed by atoms with van der Waals surface area (Å²) in [6.07, 6.45) is 5.72. The molecule has 1 saturated carbocycles. The average molecular weight is 603 g/mol. The largest absolute Gasteiger partial charge is 0.395 e. The molecular formula is C29H36F2N6O4S. The molecule has 6 rings (SSSR count). The first-order valence-corrected chi connectivity index (χ1v) is 15.9. The van der Waals surface area contributed by atoms with Crippen molar-refractivity contribution >= 4 is 44.2 Å². The van der Waals surface area contributed by atoms with Gasteiger partial charge >= 0.3 is 0 Å². The van der Waals surface area contributed by atoms with Crippen molar-refractivity contribution in [2.24, 2.45) is 12.5 Å². The van der Waals surface area contributed by atoms with E-state index >= 15 is 0 Å². The molecule has 10 nitrogen and oxygen atoms in total. The molecule has 1 aliphatic carbocycles. The predicted octanol–water partition coefficient (Wildman–Crippen LogP) is 3.71. The van der Waals surface area contributed by atoms with Gasteiger partial charge < -0.3 is 24.8 Å². The molecule has 0 bridgehead atoms. The quantitative estimate of drug-likeness (QED) is 0.360. The summed E-state index contributed by atoms with van der Waals surface area (Å²) in [5.41, 5.74) is 2.02. The van der Waals surface area contributed by atoms with Crippen LogP contribution in [0.25, 0.3) is 10.9 Å². The number of nitrogens with one attached hydrogen (secondary N) is 2. The van der Waals surface area contributed by atoms with Crippen LogP contribution < -0.4 is 19.8 Å². The zero-order chi connectivity index (χ0) is 29.7. The van der Waals surface area contributed by atoms with Gasteiger partial charge in [0.2, 0.25) is 10.0 Å². The first-order chi connectivity index (χ1) is 20.0. The lowest BCUT2D eigenvalue weighted by Gasteiger charge is -2.35. The number of hydrogen-bond donors (Lipinski definition) is 3. The van der Waals surface area contributed by atoms with Gasteiger partial charge in [-0.3, -0.25) is 4.79 Å². The third-order valence-corrected chi connectivity index (χ3v) is 10.4. The van der Waals surface area contributed by atoms with Crippen LogP contribution in [0.3, 0.4) is 0 Å². The van der Waals surface area contributed by atoms with Crippen LogP contribution in [0.15, 0.2) is 41.4 Å². The van der Waals surface area contributed by atoms with Crippen molar-refractivity contribution in [3.63, 3.8) is 0 Å². The van der Waals surface area contributed by atoms with Crippen LogP contribution in [0.1, 0.15) is 48.9 Å². The van der Waals surface area contributed by atoms with Gasteiger partial charge in [-0.2, -0.15) is 0 Å². The zero-order valence-electron chi connectivity index (χ0n) is 23.6. The first kappa shape index (κ1) is 28.8. The number of pyridine rings is 1. The molecule has 226 valence electrons. The van der Waals surface area contributed by atoms with Gasteiger partial charge in [-0.25, -0.2) is 26.9 Å². The summed E-state index contributed by atoms with van der Waals surface area (Å²) >= 11 is 0. The molecule has 0 unspecified atom stereocenters. The second-order valence-electron chi connectivity index (χ2n) is 11.8. The van der Waals surface area contributed by atoms with Crippen molar-refractivity contribution in [1.82, 2.24) is 14.3 Å². The average Bonchev–Trinajstić information content (AvgIpc) is 3.62. The predicted molar refractivity (Wildman–Crippen MR) is 157 cm³/mol. The van der Waals surface area contributed by atoms with Crippen LogP contribution in [-0.4, -0.2) is 74.2 Å². The summed E-state index contributed by atoms with van der Waals surface area (Å²) in [5.74, 6) is -2.32. The van der Waals surface area contributed by atoms with Gasteiger partial charge in [-0.05, 0) is 61.4 Å². The van der Waals surface area contributed by atoms with Crippen LogP contribution in [-0.2, 0) is 17.1 Å². The SMILES string of the molecule is Cn1ccc2cc(NC(=O)c3ccc(S(=O)(=O)NCCO)cc3N3CCC4(CC3)CC4)nc(N3CCC(F)(F)CC3)c21. The Morgan fingerprint density at radius 1 is 1.00 bits per heavy atom. The summed E-state index contributed by atoms with van der Waals surface area (Å²) < 4.78 is 57.8. The van der Waals surface area contributed by atoms with E-state index in [1.54, 1.807) is 6.07 Å². The number of carbonyl (C=O) groups is 1. The molecule has 2 aliphatic heterocycles. The smallest absolute Gasteiger partial charge is 0.258 e. The summed E-state index contributed by atoms with van der Waals surface area (Å²) in [6.45, 7) is 1.28. The Bertz CT molecular complexity index is 1600. The Labute approximate surface area is 243 Å². The maximum absolute atomic E-state index is 13.9. The van der Waals surface area contributed by atoms with Crippen LogP contribution >= 0.6 is 0 Å². The lowest BCUT2D eigenvalue weighted by atomic mass is 9.93. The fourth-order valence-electron chi connectivity index (χ4n) is 6.11. The summed E-state index contributed by atoms with van der Waals surface area (Å²) in [7, 11) is -2.02. The molecule has 13 heteroatoms. The minimum absolute atomic E-state index is 0.0159. The van der Waals surface area contributed by atoms with Crippen LogP contribution in [0.5, 0.6) is 0 Å². The Morgan fingerprint density at radius 2 is 1.69 bits per heavy atom. The van der Waals surface area contributed by atoms with Crippen molar-refractivity contribution < 1.29 is 27.1 Å². The molecule has 42 heavy (non-hydrogen) atoms. The lowest BCUT2D eigenvalue weighted by Crippen LogP contribution is -2.40. The molecule has 1 aromatic carbocycles. The molecule has 0 radical (unpaired) electrons. The number of rotatable bonds is 8. The highest BCUT2D eigenvalue weighted by atomic mass is 32.2. The molecule has 3 fully saturated rings. The molecule has 3 N–H and O–H groups in total. The van der Waals surface area contributed by atoms with Gasteiger partial charge in [0, 0.05) is 64.2 Å². The Balaban J connectivity index is 1.32. The van der Waals surface area contributed by atoms with E-state index in [0.29, 0.717) is 35.6 Å². The van der Waals surface area contributed by atoms with Crippen molar-refractivity contribution in [3.8, 4) is 0 Å². The number of aromatic nitrogens is 2. The number of piperidine rings is 2. The summed E-state index contributed by atoms with van der Waals surface area (Å²) in [4.78, 5) is 22.4. The van der Waals surface area contributed by atoms with E-state index in [1.807, 2.05) is 28.8 Å². The number of aryl methyl sites for hydroxylation is 1. The molecule has 2 saturated heterocycles. The fourth-order valence-corrected chi connectivity index (χ4v) is 7.15. The van der Waals surface area contributed by atoms with Gasteiger partial charge in [-0.15, -0.1) is 0 Å².